The molecule has 90 valence electrons. The predicted octanol–water partition coefficient (Wildman–Crippen LogP) is 4.11. The molecule has 1 atom stereocenters. The molecule has 2 aromatic rings. The molecule has 0 aliphatic carbocycles. The maximum atomic E-state index is 5.93. The molecule has 1 heterocycles. The molecule has 0 unspecified atom stereocenters. The Kier molecular flexibility index (Phi) is 4.20. The van der Waals surface area contributed by atoms with Crippen molar-refractivity contribution in [3.63, 3.8) is 0 Å². The maximum absolute atomic E-state index is 5.93. The van der Waals surface area contributed by atoms with Crippen LogP contribution >= 0.6 is 27.3 Å². The number of rotatable bonds is 4. The highest BCUT2D eigenvalue weighted by atomic mass is 79.9. The van der Waals surface area contributed by atoms with Gasteiger partial charge in [0.15, 0.2) is 0 Å². The number of nitrogens with two attached hydrogens (primary N) is 1. The summed E-state index contributed by atoms with van der Waals surface area (Å²) in [4.78, 5) is 1.21. The van der Waals surface area contributed by atoms with Crippen LogP contribution < -0.4 is 10.5 Å². The van der Waals surface area contributed by atoms with Crippen LogP contribution in [0.1, 0.15) is 23.4 Å². The Morgan fingerprint density at radius 1 is 1.41 bits per heavy atom. The van der Waals surface area contributed by atoms with Crippen LogP contribution in [0.4, 0.5) is 0 Å². The molecule has 2 nitrogen and oxygen atoms in total. The lowest BCUT2D eigenvalue weighted by molar-refractivity contribution is 0.305. The number of hydrogen-bond donors (Lipinski definition) is 1. The third kappa shape index (κ3) is 3.31. The number of ether oxygens (including phenoxy) is 1. The summed E-state index contributed by atoms with van der Waals surface area (Å²) >= 11 is 5.14. The largest absolute Gasteiger partial charge is 0.488 e. The lowest BCUT2D eigenvalue weighted by Crippen LogP contribution is -2.08. The number of hydrogen-bond acceptors (Lipinski definition) is 3. The first kappa shape index (κ1) is 12.6. The Labute approximate surface area is 114 Å². The summed E-state index contributed by atoms with van der Waals surface area (Å²) in [5.41, 5.74) is 6.96. The van der Waals surface area contributed by atoms with Crippen molar-refractivity contribution in [1.82, 2.24) is 0 Å². The van der Waals surface area contributed by atoms with E-state index < -0.39 is 0 Å². The van der Waals surface area contributed by atoms with Gasteiger partial charge in [0.1, 0.15) is 12.4 Å². The monoisotopic (exact) mass is 311 g/mol. The van der Waals surface area contributed by atoms with Crippen LogP contribution in [0.15, 0.2) is 40.2 Å². The van der Waals surface area contributed by atoms with Crippen LogP contribution in [0.3, 0.4) is 0 Å². The molecule has 0 aliphatic heterocycles. The highest BCUT2D eigenvalue weighted by Gasteiger charge is 2.09. The second-order valence-corrected chi connectivity index (χ2v) is 5.79. The maximum Gasteiger partial charge on any atom is 0.124 e. The minimum Gasteiger partial charge on any atom is -0.488 e. The van der Waals surface area contributed by atoms with E-state index in [-0.39, 0.29) is 6.04 Å². The molecule has 2 rings (SSSR count). The fourth-order valence-corrected chi connectivity index (χ4v) is 2.55. The first-order valence-electron chi connectivity index (χ1n) is 5.37. The van der Waals surface area contributed by atoms with E-state index in [4.69, 9.17) is 10.5 Å². The summed E-state index contributed by atoms with van der Waals surface area (Å²) in [6.07, 6.45) is 0. The molecule has 0 aliphatic rings. The Morgan fingerprint density at radius 3 is 2.88 bits per heavy atom. The zero-order chi connectivity index (χ0) is 12.3. The lowest BCUT2D eigenvalue weighted by Gasteiger charge is -2.14. The van der Waals surface area contributed by atoms with Crippen LogP contribution in [0, 0.1) is 0 Å². The molecule has 0 fully saturated rings. The van der Waals surface area contributed by atoms with Gasteiger partial charge >= 0.3 is 0 Å². The first-order valence-corrected chi connectivity index (χ1v) is 7.04. The Balaban J connectivity index is 2.14. The molecule has 1 aromatic carbocycles. The van der Waals surface area contributed by atoms with E-state index in [1.54, 1.807) is 11.3 Å². The van der Waals surface area contributed by atoms with Crippen molar-refractivity contribution in [2.45, 2.75) is 19.6 Å². The number of thiophene rings is 1. The molecule has 0 amide bonds. The summed E-state index contributed by atoms with van der Waals surface area (Å²) in [5, 5.41) is 2.05. The van der Waals surface area contributed by atoms with Crippen LogP contribution in [0.5, 0.6) is 5.75 Å². The van der Waals surface area contributed by atoms with Gasteiger partial charge in [-0.05, 0) is 36.6 Å². The second-order valence-electron chi connectivity index (χ2n) is 3.84. The summed E-state index contributed by atoms with van der Waals surface area (Å²) in [6.45, 7) is 2.55. The number of benzene rings is 1. The normalized spacial score (nSPS) is 12.4. The highest BCUT2D eigenvalue weighted by molar-refractivity contribution is 9.10. The third-order valence-electron chi connectivity index (χ3n) is 2.41. The van der Waals surface area contributed by atoms with Crippen molar-refractivity contribution in [2.75, 3.05) is 0 Å². The van der Waals surface area contributed by atoms with Crippen molar-refractivity contribution in [3.8, 4) is 5.75 Å². The van der Waals surface area contributed by atoms with Crippen molar-refractivity contribution >= 4 is 27.3 Å². The van der Waals surface area contributed by atoms with E-state index in [9.17, 15) is 0 Å². The molecule has 0 spiro atoms. The van der Waals surface area contributed by atoms with Crippen molar-refractivity contribution in [3.05, 3.63) is 50.6 Å². The summed E-state index contributed by atoms with van der Waals surface area (Å²) in [5.74, 6) is 0.858. The Hall–Kier alpha value is -0.840. The van der Waals surface area contributed by atoms with Gasteiger partial charge in [0.05, 0.1) is 0 Å². The van der Waals surface area contributed by atoms with Gasteiger partial charge < -0.3 is 10.5 Å². The van der Waals surface area contributed by atoms with Crippen molar-refractivity contribution in [1.29, 1.82) is 0 Å². The summed E-state index contributed by atoms with van der Waals surface area (Å²) in [7, 11) is 0. The minimum absolute atomic E-state index is 0.0363. The van der Waals surface area contributed by atoms with Crippen molar-refractivity contribution < 1.29 is 4.74 Å². The van der Waals surface area contributed by atoms with E-state index in [1.165, 1.54) is 4.88 Å². The van der Waals surface area contributed by atoms with E-state index in [0.717, 1.165) is 15.8 Å². The van der Waals surface area contributed by atoms with Gasteiger partial charge in [-0.2, -0.15) is 0 Å². The Morgan fingerprint density at radius 2 is 2.24 bits per heavy atom. The minimum atomic E-state index is -0.0363. The van der Waals surface area contributed by atoms with Gasteiger partial charge in [-0.25, -0.2) is 0 Å². The predicted molar refractivity (Wildman–Crippen MR) is 75.4 cm³/mol. The van der Waals surface area contributed by atoms with E-state index in [1.807, 2.05) is 36.6 Å². The summed E-state index contributed by atoms with van der Waals surface area (Å²) < 4.78 is 6.83. The quantitative estimate of drug-likeness (QED) is 0.922. The Bertz CT molecular complexity index is 482. The molecular weight excluding hydrogens is 298 g/mol. The zero-order valence-corrected chi connectivity index (χ0v) is 11.9. The van der Waals surface area contributed by atoms with Gasteiger partial charge in [-0.3, -0.25) is 0 Å². The molecule has 0 saturated heterocycles. The van der Waals surface area contributed by atoms with Crippen LogP contribution in [0.25, 0.3) is 0 Å². The van der Waals surface area contributed by atoms with Gasteiger partial charge in [-0.15, -0.1) is 11.3 Å². The second kappa shape index (κ2) is 5.67. The van der Waals surface area contributed by atoms with Gasteiger partial charge in [0, 0.05) is 21.0 Å². The molecule has 2 N–H and O–H groups in total. The smallest absolute Gasteiger partial charge is 0.124 e. The van der Waals surface area contributed by atoms with Gasteiger partial charge in [-0.1, -0.05) is 22.0 Å². The lowest BCUT2D eigenvalue weighted by atomic mass is 10.1. The van der Waals surface area contributed by atoms with Crippen LogP contribution in [0.2, 0.25) is 0 Å². The van der Waals surface area contributed by atoms with Gasteiger partial charge in [0.25, 0.3) is 0 Å². The van der Waals surface area contributed by atoms with E-state index >= 15 is 0 Å². The average Bonchev–Trinajstić information content (AvgIpc) is 2.80. The molecule has 0 saturated carbocycles. The third-order valence-corrected chi connectivity index (χ3v) is 3.76. The van der Waals surface area contributed by atoms with E-state index in [0.29, 0.717) is 6.61 Å². The molecular formula is C13H14BrNOS. The highest BCUT2D eigenvalue weighted by Crippen LogP contribution is 2.28. The molecule has 4 heteroatoms. The molecule has 0 bridgehead atoms. The van der Waals surface area contributed by atoms with Crippen LogP contribution in [-0.4, -0.2) is 0 Å². The zero-order valence-electron chi connectivity index (χ0n) is 9.52. The van der Waals surface area contributed by atoms with E-state index in [2.05, 4.69) is 22.0 Å². The topological polar surface area (TPSA) is 35.2 Å². The molecule has 1 aromatic heterocycles. The average molecular weight is 312 g/mol. The SMILES string of the molecule is C[C@H](N)c1cc(Br)ccc1OCc1cccs1. The fraction of sp³-hybridized carbons (Fsp3) is 0.231. The van der Waals surface area contributed by atoms with Crippen molar-refractivity contribution in [2.24, 2.45) is 5.73 Å². The summed E-state index contributed by atoms with van der Waals surface area (Å²) in [6, 6.07) is 9.98. The van der Waals surface area contributed by atoms with Crippen LogP contribution in [-0.2, 0) is 6.61 Å². The standard InChI is InChI=1S/C13H14BrNOS/c1-9(15)12-7-10(14)4-5-13(12)16-8-11-3-2-6-17-11/h2-7,9H,8,15H2,1H3/t9-/m0/s1. The first-order chi connectivity index (χ1) is 8.16. The van der Waals surface area contributed by atoms with Gasteiger partial charge in [0.2, 0.25) is 0 Å². The molecule has 0 radical (unpaired) electrons. The number of halogens is 1. The fourth-order valence-electron chi connectivity index (χ4n) is 1.55. The molecule has 17 heavy (non-hydrogen) atoms.